The zero-order valence-corrected chi connectivity index (χ0v) is 20.3. The smallest absolute Gasteiger partial charge is 0.407 e. The Balaban J connectivity index is 1.45. The van der Waals surface area contributed by atoms with Crippen molar-refractivity contribution in [3.05, 3.63) is 59.9 Å². The second kappa shape index (κ2) is 11.5. The summed E-state index contributed by atoms with van der Waals surface area (Å²) in [7, 11) is 0. The molecule has 0 bridgehead atoms. The molecule has 9 heteroatoms. The van der Waals surface area contributed by atoms with Crippen molar-refractivity contribution in [1.82, 2.24) is 20.0 Å². The van der Waals surface area contributed by atoms with Gasteiger partial charge in [-0.25, -0.2) is 14.6 Å². The van der Waals surface area contributed by atoms with E-state index in [-0.39, 0.29) is 11.5 Å². The second-order valence-corrected chi connectivity index (χ2v) is 9.29. The molecule has 2 aromatic heterocycles. The first kappa shape index (κ1) is 25.7. The molecule has 3 rings (SSSR count). The molecular weight excluding hydrogens is 448 g/mol. The number of carbonyl (C=O) groups excluding carboxylic acids is 2. The van der Waals surface area contributed by atoms with E-state index in [1.165, 1.54) is 0 Å². The molecule has 186 valence electrons. The molecule has 35 heavy (non-hydrogen) atoms. The van der Waals surface area contributed by atoms with E-state index in [0.717, 1.165) is 41.7 Å². The highest BCUT2D eigenvalue weighted by atomic mass is 16.6. The number of alkyl carbamates (subject to hydrolysis) is 1. The average molecular weight is 481 g/mol. The number of imidazole rings is 1. The summed E-state index contributed by atoms with van der Waals surface area (Å²) in [5.74, 6) is -1.01. The minimum atomic E-state index is -0.970. The Morgan fingerprint density at radius 3 is 2.46 bits per heavy atom. The van der Waals surface area contributed by atoms with Gasteiger partial charge in [0.1, 0.15) is 11.2 Å². The number of carboxylic acids is 1. The molecular formula is C26H32N4O5. The Bertz CT molecular complexity index is 1180. The van der Waals surface area contributed by atoms with Gasteiger partial charge in [-0.15, -0.1) is 0 Å². The number of amides is 2. The van der Waals surface area contributed by atoms with Crippen LogP contribution in [0.25, 0.3) is 16.9 Å². The number of carboxylic acid groups (broad SMARTS) is 1. The third-order valence-electron chi connectivity index (χ3n) is 5.22. The molecule has 0 fully saturated rings. The van der Waals surface area contributed by atoms with Gasteiger partial charge in [-0.3, -0.25) is 4.79 Å². The van der Waals surface area contributed by atoms with Gasteiger partial charge in [0.25, 0.3) is 0 Å². The largest absolute Gasteiger partial charge is 0.478 e. The van der Waals surface area contributed by atoms with Gasteiger partial charge in [0.15, 0.2) is 0 Å². The van der Waals surface area contributed by atoms with Crippen LogP contribution >= 0.6 is 0 Å². The average Bonchev–Trinajstić information content (AvgIpc) is 3.24. The lowest BCUT2D eigenvalue weighted by atomic mass is 10.1. The minimum absolute atomic E-state index is 0.0388. The summed E-state index contributed by atoms with van der Waals surface area (Å²) in [6.45, 7) is 6.33. The molecule has 0 aliphatic carbocycles. The Labute approximate surface area is 204 Å². The van der Waals surface area contributed by atoms with Crippen molar-refractivity contribution in [2.24, 2.45) is 0 Å². The van der Waals surface area contributed by atoms with E-state index < -0.39 is 17.7 Å². The minimum Gasteiger partial charge on any atom is -0.478 e. The van der Waals surface area contributed by atoms with Crippen molar-refractivity contribution in [1.29, 1.82) is 0 Å². The zero-order valence-electron chi connectivity index (χ0n) is 20.3. The second-order valence-electron chi connectivity index (χ2n) is 9.29. The molecule has 9 nitrogen and oxygen atoms in total. The highest BCUT2D eigenvalue weighted by molar-refractivity contribution is 5.88. The van der Waals surface area contributed by atoms with Crippen LogP contribution in [0, 0.1) is 0 Å². The highest BCUT2D eigenvalue weighted by Gasteiger charge is 2.15. The first-order valence-electron chi connectivity index (χ1n) is 11.7. The Morgan fingerprint density at radius 2 is 1.77 bits per heavy atom. The number of hydrogen-bond acceptors (Lipinski definition) is 5. The normalized spacial score (nSPS) is 11.3. The van der Waals surface area contributed by atoms with Crippen LogP contribution in [0.5, 0.6) is 0 Å². The summed E-state index contributed by atoms with van der Waals surface area (Å²) >= 11 is 0. The summed E-state index contributed by atoms with van der Waals surface area (Å²) < 4.78 is 7.07. The van der Waals surface area contributed by atoms with Crippen LogP contribution in [-0.4, -0.2) is 44.6 Å². The number of aromatic nitrogens is 2. The van der Waals surface area contributed by atoms with Crippen LogP contribution in [0.2, 0.25) is 0 Å². The molecule has 0 aliphatic rings. The van der Waals surface area contributed by atoms with E-state index in [1.807, 2.05) is 49.7 Å². The fraction of sp³-hybridized carbons (Fsp3) is 0.385. The number of hydrogen-bond donors (Lipinski definition) is 3. The number of rotatable bonds is 10. The SMILES string of the molecule is CC(C)(C)OC(=O)NCCCCCC(=O)NCc1cccn2cc(-c3ccc(C(=O)O)cc3)nc12. The Hall–Kier alpha value is -3.88. The molecule has 0 atom stereocenters. The van der Waals surface area contributed by atoms with Crippen LogP contribution in [0.1, 0.15) is 62.4 Å². The standard InChI is InChI=1S/C26H32N4O5/c1-26(2,3)35-25(34)27-14-6-4-5-9-22(31)28-16-20-8-7-15-30-17-21(29-23(20)30)18-10-12-19(13-11-18)24(32)33/h7-8,10-13,15,17H,4-6,9,14,16H2,1-3H3,(H,27,34)(H,28,31)(H,32,33). The molecule has 0 unspecified atom stereocenters. The lowest BCUT2D eigenvalue weighted by Gasteiger charge is -2.19. The van der Waals surface area contributed by atoms with Gasteiger partial charge in [-0.2, -0.15) is 0 Å². The maximum absolute atomic E-state index is 12.3. The van der Waals surface area contributed by atoms with Gasteiger partial charge in [0, 0.05) is 43.0 Å². The predicted molar refractivity (Wildman–Crippen MR) is 132 cm³/mol. The van der Waals surface area contributed by atoms with Gasteiger partial charge < -0.3 is 24.9 Å². The number of benzene rings is 1. The molecule has 2 amide bonds. The monoisotopic (exact) mass is 480 g/mol. The molecule has 3 N–H and O–H groups in total. The maximum Gasteiger partial charge on any atom is 0.407 e. The van der Waals surface area contributed by atoms with Crippen molar-refractivity contribution < 1.29 is 24.2 Å². The fourth-order valence-corrected chi connectivity index (χ4v) is 3.51. The Kier molecular flexibility index (Phi) is 8.46. The van der Waals surface area contributed by atoms with E-state index in [4.69, 9.17) is 9.84 Å². The van der Waals surface area contributed by atoms with E-state index >= 15 is 0 Å². The topological polar surface area (TPSA) is 122 Å². The maximum atomic E-state index is 12.3. The molecule has 0 spiro atoms. The molecule has 2 heterocycles. The number of unbranched alkanes of at least 4 members (excludes halogenated alkanes) is 2. The van der Waals surface area contributed by atoms with Crippen LogP contribution in [-0.2, 0) is 16.1 Å². The zero-order chi connectivity index (χ0) is 25.4. The van der Waals surface area contributed by atoms with E-state index in [0.29, 0.717) is 19.5 Å². The quantitative estimate of drug-likeness (QED) is 0.370. The van der Waals surface area contributed by atoms with Crippen molar-refractivity contribution in [3.8, 4) is 11.3 Å². The lowest BCUT2D eigenvalue weighted by molar-refractivity contribution is -0.121. The summed E-state index contributed by atoms with van der Waals surface area (Å²) in [6.07, 6.45) is 6.07. The molecule has 0 saturated carbocycles. The summed E-state index contributed by atoms with van der Waals surface area (Å²) in [5, 5.41) is 14.7. The van der Waals surface area contributed by atoms with Crippen molar-refractivity contribution >= 4 is 23.6 Å². The van der Waals surface area contributed by atoms with Crippen molar-refractivity contribution in [3.63, 3.8) is 0 Å². The fourth-order valence-electron chi connectivity index (χ4n) is 3.51. The first-order valence-corrected chi connectivity index (χ1v) is 11.7. The number of ether oxygens (including phenoxy) is 1. The van der Waals surface area contributed by atoms with Crippen LogP contribution in [0.3, 0.4) is 0 Å². The lowest BCUT2D eigenvalue weighted by Crippen LogP contribution is -2.33. The Morgan fingerprint density at radius 1 is 1.03 bits per heavy atom. The van der Waals surface area contributed by atoms with Crippen LogP contribution in [0.15, 0.2) is 48.8 Å². The van der Waals surface area contributed by atoms with E-state index in [9.17, 15) is 14.4 Å². The van der Waals surface area contributed by atoms with Crippen LogP contribution < -0.4 is 10.6 Å². The van der Waals surface area contributed by atoms with Gasteiger partial charge in [-0.05, 0) is 51.8 Å². The first-order chi connectivity index (χ1) is 16.6. The number of aromatic carboxylic acids is 1. The summed E-state index contributed by atoms with van der Waals surface area (Å²) in [4.78, 5) is 39.6. The number of nitrogens with one attached hydrogen (secondary N) is 2. The van der Waals surface area contributed by atoms with Gasteiger partial charge in [0.05, 0.1) is 11.3 Å². The number of nitrogens with zero attached hydrogens (tertiary/aromatic N) is 2. The van der Waals surface area contributed by atoms with Crippen LogP contribution in [0.4, 0.5) is 4.79 Å². The summed E-state index contributed by atoms with van der Waals surface area (Å²) in [5.41, 5.74) is 2.86. The third kappa shape index (κ3) is 7.84. The molecule has 3 aromatic rings. The summed E-state index contributed by atoms with van der Waals surface area (Å²) in [6, 6.07) is 10.4. The van der Waals surface area contributed by atoms with E-state index in [2.05, 4.69) is 15.6 Å². The number of pyridine rings is 1. The number of carbonyl (C=O) groups is 3. The highest BCUT2D eigenvalue weighted by Crippen LogP contribution is 2.21. The molecule has 0 aliphatic heterocycles. The third-order valence-corrected chi connectivity index (χ3v) is 5.22. The molecule has 1 aromatic carbocycles. The van der Waals surface area contributed by atoms with Gasteiger partial charge >= 0.3 is 12.1 Å². The number of fused-ring (bicyclic) bond motifs is 1. The van der Waals surface area contributed by atoms with Gasteiger partial charge in [0.2, 0.25) is 5.91 Å². The molecule has 0 radical (unpaired) electrons. The van der Waals surface area contributed by atoms with E-state index in [1.54, 1.807) is 24.3 Å². The molecule has 0 saturated heterocycles. The van der Waals surface area contributed by atoms with Crippen molar-refractivity contribution in [2.75, 3.05) is 6.54 Å². The van der Waals surface area contributed by atoms with Crippen molar-refractivity contribution in [2.45, 2.75) is 58.6 Å². The van der Waals surface area contributed by atoms with Gasteiger partial charge in [-0.1, -0.05) is 24.6 Å². The predicted octanol–water partition coefficient (Wildman–Crippen LogP) is 4.40.